The Morgan fingerprint density at radius 1 is 0.478 bits per heavy atom. The third-order valence-corrected chi connectivity index (χ3v) is 8.72. The number of hydrogen-bond donors (Lipinski definition) is 0. The minimum absolute atomic E-state index is 0.0351. The van der Waals surface area contributed by atoms with Crippen LogP contribution >= 0.6 is 0 Å². The normalized spacial score (nSPS) is 13.8. The first-order valence-electron chi connectivity index (χ1n) is 15.8. The molecule has 2 aromatic carbocycles. The number of pyridine rings is 4. The summed E-state index contributed by atoms with van der Waals surface area (Å²) in [6.45, 7) is 13.0. The van der Waals surface area contributed by atoms with Gasteiger partial charge in [-0.3, -0.25) is 19.9 Å². The number of fused-ring (bicyclic) bond motifs is 2. The van der Waals surface area contributed by atoms with Crippen molar-refractivity contribution in [3.8, 4) is 34.0 Å². The molecule has 6 aromatic rings. The first-order valence-corrected chi connectivity index (χ1v) is 15.8. The van der Waals surface area contributed by atoms with E-state index >= 15 is 0 Å². The van der Waals surface area contributed by atoms with Crippen LogP contribution < -0.4 is 4.74 Å². The summed E-state index contributed by atoms with van der Waals surface area (Å²) in [4.78, 5) is 20.4. The molecule has 1 aliphatic heterocycles. The highest BCUT2D eigenvalue weighted by Gasteiger charge is 2.47. The van der Waals surface area contributed by atoms with Crippen molar-refractivity contribution >= 4 is 0 Å². The van der Waals surface area contributed by atoms with Crippen LogP contribution in [0.1, 0.15) is 75.4 Å². The highest BCUT2D eigenvalue weighted by Crippen LogP contribution is 2.54. The molecule has 5 heteroatoms. The Hall–Kier alpha value is -5.16. The smallest absolute Gasteiger partial charge is 0.132 e. The highest BCUT2D eigenvalue weighted by atomic mass is 16.5. The molecule has 0 N–H and O–H groups in total. The molecule has 7 rings (SSSR count). The standard InChI is InChI=1S/C41H38N4O/c1-39(2,3)35-23-21-27(25-42-35)31-15-11-19-37(44-31)41(29-13-7-9-17-33(29)46-34-18-10-8-14-30(34)41)38-20-12-16-32(45-38)28-22-24-36(43-26-28)40(4,5)6/h7-26H,1-6H3. The predicted molar refractivity (Wildman–Crippen MR) is 184 cm³/mol. The van der Waals surface area contributed by atoms with Crippen molar-refractivity contribution in [2.45, 2.75) is 57.8 Å². The summed E-state index contributed by atoms with van der Waals surface area (Å²) in [7, 11) is 0. The summed E-state index contributed by atoms with van der Waals surface area (Å²) in [5, 5.41) is 0. The lowest BCUT2D eigenvalue weighted by molar-refractivity contribution is 0.430. The second-order valence-corrected chi connectivity index (χ2v) is 14.0. The van der Waals surface area contributed by atoms with Gasteiger partial charge in [-0.2, -0.15) is 0 Å². The van der Waals surface area contributed by atoms with E-state index in [-0.39, 0.29) is 10.8 Å². The van der Waals surface area contributed by atoms with E-state index in [1.807, 2.05) is 36.7 Å². The van der Waals surface area contributed by atoms with Gasteiger partial charge in [-0.15, -0.1) is 0 Å². The Morgan fingerprint density at radius 3 is 1.30 bits per heavy atom. The summed E-state index contributed by atoms with van der Waals surface area (Å²) in [6, 6.07) is 37.4. The molecule has 0 unspecified atom stereocenters. The zero-order chi connectivity index (χ0) is 32.1. The maximum absolute atomic E-state index is 6.52. The lowest BCUT2D eigenvalue weighted by atomic mass is 9.67. The van der Waals surface area contributed by atoms with Crippen LogP contribution in [-0.4, -0.2) is 19.9 Å². The molecule has 0 spiro atoms. The van der Waals surface area contributed by atoms with Crippen LogP contribution in [0.3, 0.4) is 0 Å². The maximum atomic E-state index is 6.52. The van der Waals surface area contributed by atoms with Crippen LogP contribution in [-0.2, 0) is 16.2 Å². The Bertz CT molecular complexity index is 1890. The number of ether oxygens (including phenoxy) is 1. The van der Waals surface area contributed by atoms with E-state index in [9.17, 15) is 0 Å². The topological polar surface area (TPSA) is 60.8 Å². The van der Waals surface area contributed by atoms with E-state index in [0.717, 1.165) is 67.9 Å². The lowest BCUT2D eigenvalue weighted by Gasteiger charge is -2.39. The van der Waals surface area contributed by atoms with Crippen LogP contribution in [0.5, 0.6) is 11.5 Å². The number of nitrogens with zero attached hydrogens (tertiary/aromatic N) is 4. The monoisotopic (exact) mass is 602 g/mol. The van der Waals surface area contributed by atoms with Gasteiger partial charge in [-0.25, -0.2) is 0 Å². The van der Waals surface area contributed by atoms with E-state index in [1.54, 1.807) is 0 Å². The van der Waals surface area contributed by atoms with Gasteiger partial charge in [-0.1, -0.05) is 90.1 Å². The molecule has 0 bridgehead atoms. The fourth-order valence-electron chi connectivity index (χ4n) is 6.26. The predicted octanol–water partition coefficient (Wildman–Crippen LogP) is 9.68. The first-order chi connectivity index (χ1) is 22.0. The van der Waals surface area contributed by atoms with Gasteiger partial charge < -0.3 is 4.74 Å². The number of benzene rings is 2. The van der Waals surface area contributed by atoms with Gasteiger partial charge in [0.25, 0.3) is 0 Å². The zero-order valence-corrected chi connectivity index (χ0v) is 27.2. The molecule has 0 amide bonds. The molecule has 0 aliphatic carbocycles. The van der Waals surface area contributed by atoms with Gasteiger partial charge >= 0.3 is 0 Å². The molecule has 4 aromatic heterocycles. The molecule has 0 radical (unpaired) electrons. The molecule has 0 fully saturated rings. The van der Waals surface area contributed by atoms with Crippen molar-refractivity contribution < 1.29 is 4.74 Å². The van der Waals surface area contributed by atoms with E-state index < -0.39 is 5.41 Å². The third kappa shape index (κ3) is 5.06. The molecule has 5 nitrogen and oxygen atoms in total. The van der Waals surface area contributed by atoms with Gasteiger partial charge in [0.1, 0.15) is 16.9 Å². The van der Waals surface area contributed by atoms with Crippen molar-refractivity contribution in [3.63, 3.8) is 0 Å². The van der Waals surface area contributed by atoms with Crippen molar-refractivity contribution in [1.82, 2.24) is 19.9 Å². The minimum Gasteiger partial charge on any atom is -0.457 e. The summed E-state index contributed by atoms with van der Waals surface area (Å²) in [5.41, 5.74) is 8.50. The molecule has 228 valence electrons. The Labute approximate surface area is 271 Å². The third-order valence-electron chi connectivity index (χ3n) is 8.72. The molecular formula is C41H38N4O. The van der Waals surface area contributed by atoms with E-state index in [4.69, 9.17) is 24.7 Å². The first kappa shape index (κ1) is 29.5. The van der Waals surface area contributed by atoms with Gasteiger partial charge in [0.05, 0.1) is 22.8 Å². The molecular weight excluding hydrogens is 564 g/mol. The molecule has 5 heterocycles. The molecule has 0 saturated carbocycles. The van der Waals surface area contributed by atoms with Crippen LogP contribution in [0.25, 0.3) is 22.5 Å². The number of para-hydroxylation sites is 2. The maximum Gasteiger partial charge on any atom is 0.132 e. The highest BCUT2D eigenvalue weighted by molar-refractivity contribution is 5.70. The summed E-state index contributed by atoms with van der Waals surface area (Å²) >= 11 is 0. The molecule has 0 saturated heterocycles. The number of hydrogen-bond acceptors (Lipinski definition) is 5. The van der Waals surface area contributed by atoms with Crippen LogP contribution in [0.2, 0.25) is 0 Å². The average Bonchev–Trinajstić information content (AvgIpc) is 3.07. The lowest BCUT2D eigenvalue weighted by Crippen LogP contribution is -2.36. The van der Waals surface area contributed by atoms with Crippen LogP contribution in [0.4, 0.5) is 0 Å². The quantitative estimate of drug-likeness (QED) is 0.201. The number of rotatable bonds is 4. The van der Waals surface area contributed by atoms with Crippen LogP contribution in [0, 0.1) is 0 Å². The SMILES string of the molecule is CC(C)(C)c1ccc(-c2cccc(C3(c4cccc(-c5ccc(C(C)(C)C)nc5)n4)c4ccccc4Oc4ccccc43)n2)cn1. The zero-order valence-electron chi connectivity index (χ0n) is 27.2. The summed E-state index contributed by atoms with van der Waals surface area (Å²) in [5.74, 6) is 1.57. The van der Waals surface area contributed by atoms with E-state index in [2.05, 4.69) is 126 Å². The van der Waals surface area contributed by atoms with Crippen molar-refractivity contribution in [2.75, 3.05) is 0 Å². The minimum atomic E-state index is -0.852. The second kappa shape index (κ2) is 11.0. The average molecular weight is 603 g/mol. The fourth-order valence-corrected chi connectivity index (χ4v) is 6.26. The van der Waals surface area contributed by atoms with Crippen molar-refractivity contribution in [1.29, 1.82) is 0 Å². The largest absolute Gasteiger partial charge is 0.457 e. The molecule has 46 heavy (non-hydrogen) atoms. The second-order valence-electron chi connectivity index (χ2n) is 14.0. The molecule has 0 atom stereocenters. The Balaban J connectivity index is 1.47. The van der Waals surface area contributed by atoms with Gasteiger partial charge in [0.2, 0.25) is 0 Å². The molecule has 1 aliphatic rings. The van der Waals surface area contributed by atoms with Crippen molar-refractivity contribution in [3.05, 3.63) is 155 Å². The fraction of sp³-hybridized carbons (Fsp3) is 0.220. The van der Waals surface area contributed by atoms with Crippen molar-refractivity contribution in [2.24, 2.45) is 0 Å². The van der Waals surface area contributed by atoms with Gasteiger partial charge in [0.15, 0.2) is 0 Å². The Kier molecular flexibility index (Phi) is 7.08. The van der Waals surface area contributed by atoms with Crippen LogP contribution in [0.15, 0.2) is 122 Å². The summed E-state index contributed by atoms with van der Waals surface area (Å²) < 4.78 is 6.52. The van der Waals surface area contributed by atoms with Gasteiger partial charge in [0, 0.05) is 56.9 Å². The number of aromatic nitrogens is 4. The Morgan fingerprint density at radius 2 is 0.913 bits per heavy atom. The summed E-state index contributed by atoms with van der Waals surface area (Å²) in [6.07, 6.45) is 3.86. The van der Waals surface area contributed by atoms with E-state index in [0.29, 0.717) is 0 Å². The van der Waals surface area contributed by atoms with E-state index in [1.165, 1.54) is 0 Å². The van der Waals surface area contributed by atoms with Gasteiger partial charge in [-0.05, 0) is 60.7 Å².